The molecule has 0 radical (unpaired) electrons. The molecule has 0 aliphatic heterocycles. The number of carbonyl (C=O) groups excluding carboxylic acids is 1. The molecule has 3 aromatic rings. The third-order valence-corrected chi connectivity index (χ3v) is 3.72. The van der Waals surface area contributed by atoms with Crippen molar-refractivity contribution < 1.29 is 4.79 Å². The Balaban J connectivity index is 1.93. The standard InChI is InChI=1S/C18H18N2O/c1-2-20(13-18(21)16-10-6-12-19-16)17-11-5-8-14-7-3-4-9-15(14)17/h3-12,19H,2,13H2,1H3. The maximum absolute atomic E-state index is 12.3. The van der Waals surface area contributed by atoms with Gasteiger partial charge in [0, 0.05) is 23.8 Å². The molecule has 1 aromatic heterocycles. The number of likely N-dealkylation sites (N-methyl/N-ethyl adjacent to an activating group) is 1. The number of aromatic nitrogens is 1. The van der Waals surface area contributed by atoms with Crippen molar-refractivity contribution in [2.24, 2.45) is 0 Å². The van der Waals surface area contributed by atoms with Gasteiger partial charge < -0.3 is 9.88 Å². The average molecular weight is 278 g/mol. The molecule has 1 heterocycles. The summed E-state index contributed by atoms with van der Waals surface area (Å²) in [6, 6.07) is 18.2. The van der Waals surface area contributed by atoms with Gasteiger partial charge in [0.15, 0.2) is 5.78 Å². The number of nitrogens with one attached hydrogen (secondary N) is 1. The van der Waals surface area contributed by atoms with Crippen LogP contribution in [-0.2, 0) is 0 Å². The van der Waals surface area contributed by atoms with Gasteiger partial charge in [-0.1, -0.05) is 36.4 Å². The minimum atomic E-state index is 0.106. The molecule has 0 aliphatic rings. The SMILES string of the molecule is CCN(CC(=O)c1ccc[nH]1)c1cccc2ccccc12. The van der Waals surface area contributed by atoms with Crippen LogP contribution in [0.25, 0.3) is 10.8 Å². The van der Waals surface area contributed by atoms with Gasteiger partial charge >= 0.3 is 0 Å². The van der Waals surface area contributed by atoms with E-state index >= 15 is 0 Å². The quantitative estimate of drug-likeness (QED) is 0.719. The minimum Gasteiger partial charge on any atom is -0.364 e. The number of benzene rings is 2. The smallest absolute Gasteiger partial charge is 0.198 e. The number of anilines is 1. The second-order valence-electron chi connectivity index (χ2n) is 5.02. The summed E-state index contributed by atoms with van der Waals surface area (Å²) in [6.45, 7) is 3.25. The molecule has 21 heavy (non-hydrogen) atoms. The summed E-state index contributed by atoms with van der Waals surface area (Å²) in [6.07, 6.45) is 1.78. The van der Waals surface area contributed by atoms with E-state index in [0.717, 1.165) is 12.2 Å². The maximum Gasteiger partial charge on any atom is 0.198 e. The minimum absolute atomic E-state index is 0.106. The molecule has 0 unspecified atom stereocenters. The Morgan fingerprint density at radius 3 is 2.62 bits per heavy atom. The number of hydrogen-bond acceptors (Lipinski definition) is 2. The van der Waals surface area contributed by atoms with E-state index in [2.05, 4.69) is 41.1 Å². The largest absolute Gasteiger partial charge is 0.364 e. The van der Waals surface area contributed by atoms with Crippen LogP contribution in [0.3, 0.4) is 0 Å². The molecular formula is C18H18N2O. The van der Waals surface area contributed by atoms with Gasteiger partial charge in [-0.25, -0.2) is 0 Å². The van der Waals surface area contributed by atoms with Gasteiger partial charge in [-0.2, -0.15) is 0 Å². The molecule has 3 nitrogen and oxygen atoms in total. The zero-order valence-corrected chi connectivity index (χ0v) is 12.0. The van der Waals surface area contributed by atoms with Crippen molar-refractivity contribution in [3.05, 3.63) is 66.5 Å². The Bertz CT molecular complexity index is 742. The molecule has 2 aromatic carbocycles. The second-order valence-corrected chi connectivity index (χ2v) is 5.02. The van der Waals surface area contributed by atoms with E-state index in [1.54, 1.807) is 6.20 Å². The van der Waals surface area contributed by atoms with Crippen molar-refractivity contribution in [3.63, 3.8) is 0 Å². The lowest BCUT2D eigenvalue weighted by molar-refractivity contribution is 0.0995. The van der Waals surface area contributed by atoms with Crippen LogP contribution < -0.4 is 4.90 Å². The van der Waals surface area contributed by atoms with E-state index in [-0.39, 0.29) is 5.78 Å². The van der Waals surface area contributed by atoms with Gasteiger partial charge in [-0.3, -0.25) is 4.79 Å². The van der Waals surface area contributed by atoms with Crippen LogP contribution >= 0.6 is 0 Å². The van der Waals surface area contributed by atoms with Gasteiger partial charge in [-0.05, 0) is 30.5 Å². The van der Waals surface area contributed by atoms with Gasteiger partial charge in [0.2, 0.25) is 0 Å². The van der Waals surface area contributed by atoms with Crippen molar-refractivity contribution in [2.75, 3.05) is 18.0 Å². The summed E-state index contributed by atoms with van der Waals surface area (Å²) >= 11 is 0. The lowest BCUT2D eigenvalue weighted by Gasteiger charge is -2.23. The highest BCUT2D eigenvalue weighted by Crippen LogP contribution is 2.26. The summed E-state index contributed by atoms with van der Waals surface area (Å²) in [5, 5.41) is 2.38. The fourth-order valence-corrected chi connectivity index (χ4v) is 2.61. The highest BCUT2D eigenvalue weighted by atomic mass is 16.1. The molecular weight excluding hydrogens is 260 g/mol. The van der Waals surface area contributed by atoms with E-state index in [4.69, 9.17) is 0 Å². The normalized spacial score (nSPS) is 10.7. The van der Waals surface area contributed by atoms with Crippen LogP contribution in [0.5, 0.6) is 0 Å². The first kappa shape index (κ1) is 13.4. The fraction of sp³-hybridized carbons (Fsp3) is 0.167. The molecule has 0 bridgehead atoms. The van der Waals surface area contributed by atoms with Crippen LogP contribution in [0.2, 0.25) is 0 Å². The first-order chi connectivity index (χ1) is 10.3. The molecule has 0 spiro atoms. The van der Waals surface area contributed by atoms with Crippen molar-refractivity contribution >= 4 is 22.2 Å². The third kappa shape index (κ3) is 2.68. The predicted molar refractivity (Wildman–Crippen MR) is 87.0 cm³/mol. The summed E-state index contributed by atoms with van der Waals surface area (Å²) in [5.41, 5.74) is 1.77. The number of rotatable bonds is 5. The molecule has 3 heteroatoms. The number of H-pyrrole nitrogens is 1. The van der Waals surface area contributed by atoms with E-state index in [1.165, 1.54) is 10.8 Å². The number of ketones is 1. The average Bonchev–Trinajstić information content (AvgIpc) is 3.06. The van der Waals surface area contributed by atoms with Crippen LogP contribution in [-0.4, -0.2) is 23.9 Å². The predicted octanol–water partition coefficient (Wildman–Crippen LogP) is 3.88. The molecule has 0 saturated carbocycles. The number of aromatic amines is 1. The molecule has 0 aliphatic carbocycles. The Morgan fingerprint density at radius 1 is 1.05 bits per heavy atom. The van der Waals surface area contributed by atoms with Crippen LogP contribution in [0.4, 0.5) is 5.69 Å². The zero-order chi connectivity index (χ0) is 14.7. The summed E-state index contributed by atoms with van der Waals surface area (Å²) in [5.74, 6) is 0.106. The molecule has 0 amide bonds. The zero-order valence-electron chi connectivity index (χ0n) is 12.0. The second kappa shape index (κ2) is 5.83. The van der Waals surface area contributed by atoms with E-state index < -0.39 is 0 Å². The molecule has 0 saturated heterocycles. The molecule has 0 fully saturated rings. The number of fused-ring (bicyclic) bond motifs is 1. The van der Waals surface area contributed by atoms with Gasteiger partial charge in [-0.15, -0.1) is 0 Å². The van der Waals surface area contributed by atoms with Gasteiger partial charge in [0.1, 0.15) is 0 Å². The van der Waals surface area contributed by atoms with Gasteiger partial charge in [0.25, 0.3) is 0 Å². The Kier molecular flexibility index (Phi) is 3.73. The monoisotopic (exact) mass is 278 g/mol. The van der Waals surface area contributed by atoms with Crippen molar-refractivity contribution in [2.45, 2.75) is 6.92 Å². The fourth-order valence-electron chi connectivity index (χ4n) is 2.61. The number of nitrogens with zero attached hydrogens (tertiary/aromatic N) is 1. The lowest BCUT2D eigenvalue weighted by atomic mass is 10.1. The molecule has 0 atom stereocenters. The van der Waals surface area contributed by atoms with Gasteiger partial charge in [0.05, 0.1) is 12.2 Å². The topological polar surface area (TPSA) is 36.1 Å². The molecule has 1 N–H and O–H groups in total. The number of carbonyl (C=O) groups is 1. The Labute approximate surface area is 124 Å². The van der Waals surface area contributed by atoms with Crippen molar-refractivity contribution in [1.29, 1.82) is 0 Å². The van der Waals surface area contributed by atoms with E-state index in [9.17, 15) is 4.79 Å². The summed E-state index contributed by atoms with van der Waals surface area (Å²) in [7, 11) is 0. The van der Waals surface area contributed by atoms with Crippen molar-refractivity contribution in [3.8, 4) is 0 Å². The Morgan fingerprint density at radius 2 is 1.86 bits per heavy atom. The summed E-state index contributed by atoms with van der Waals surface area (Å²) in [4.78, 5) is 17.4. The van der Waals surface area contributed by atoms with Crippen molar-refractivity contribution in [1.82, 2.24) is 4.98 Å². The van der Waals surface area contributed by atoms with E-state index in [0.29, 0.717) is 12.2 Å². The summed E-state index contributed by atoms with van der Waals surface area (Å²) < 4.78 is 0. The highest BCUT2D eigenvalue weighted by Gasteiger charge is 2.14. The van der Waals surface area contributed by atoms with Crippen LogP contribution in [0.15, 0.2) is 60.8 Å². The highest BCUT2D eigenvalue weighted by molar-refractivity contribution is 6.00. The van der Waals surface area contributed by atoms with Crippen LogP contribution in [0.1, 0.15) is 17.4 Å². The van der Waals surface area contributed by atoms with Crippen LogP contribution in [0, 0.1) is 0 Å². The first-order valence-electron chi connectivity index (χ1n) is 7.19. The first-order valence-corrected chi connectivity index (χ1v) is 7.19. The van der Waals surface area contributed by atoms with E-state index in [1.807, 2.05) is 30.3 Å². The Hall–Kier alpha value is -2.55. The lowest BCUT2D eigenvalue weighted by Crippen LogP contribution is -2.29. The number of Topliss-reactive ketones (excluding diaryl/α,β-unsaturated/α-hetero) is 1. The third-order valence-electron chi connectivity index (χ3n) is 3.72. The molecule has 3 rings (SSSR count). The molecule has 106 valence electrons. The maximum atomic E-state index is 12.3. The number of hydrogen-bond donors (Lipinski definition) is 1.